The van der Waals surface area contributed by atoms with Crippen molar-refractivity contribution >= 4 is 39.4 Å². The largest absolute Gasteiger partial charge is 0.454 e. The van der Waals surface area contributed by atoms with Crippen molar-refractivity contribution in [3.63, 3.8) is 0 Å². The fraction of sp³-hybridized carbons (Fsp3) is 0.227. The summed E-state index contributed by atoms with van der Waals surface area (Å²) in [5.41, 5.74) is 1.85. The minimum absolute atomic E-state index is 0.0979. The number of benzene rings is 1. The van der Waals surface area contributed by atoms with E-state index in [1.165, 1.54) is 16.8 Å². The zero-order valence-electron chi connectivity index (χ0n) is 17.3. The lowest BCUT2D eigenvalue weighted by molar-refractivity contribution is -0.146. The first kappa shape index (κ1) is 20.1. The van der Waals surface area contributed by atoms with Crippen molar-refractivity contribution in [1.82, 2.24) is 19.7 Å². The van der Waals surface area contributed by atoms with E-state index in [4.69, 9.17) is 13.6 Å². The van der Waals surface area contributed by atoms with Gasteiger partial charge in [0.25, 0.3) is 17.3 Å². The summed E-state index contributed by atoms with van der Waals surface area (Å²) in [6, 6.07) is 9.24. The van der Waals surface area contributed by atoms with Gasteiger partial charge in [0.05, 0.1) is 11.2 Å². The molecule has 4 heterocycles. The van der Waals surface area contributed by atoms with Gasteiger partial charge in [0, 0.05) is 10.3 Å². The number of rotatable bonds is 6. The molecule has 0 fully saturated rings. The smallest absolute Gasteiger partial charge is 0.326 e. The van der Waals surface area contributed by atoms with Gasteiger partial charge in [0.15, 0.2) is 6.61 Å². The van der Waals surface area contributed by atoms with E-state index < -0.39 is 11.5 Å². The second kappa shape index (κ2) is 8.04. The molecule has 0 aliphatic rings. The van der Waals surface area contributed by atoms with E-state index in [1.807, 2.05) is 31.2 Å². The van der Waals surface area contributed by atoms with Crippen LogP contribution in [0, 0.1) is 6.92 Å². The van der Waals surface area contributed by atoms with Crippen LogP contribution in [0.2, 0.25) is 0 Å². The Kier molecular flexibility index (Phi) is 5.06. The number of carbonyl (C=O) groups is 1. The van der Waals surface area contributed by atoms with Gasteiger partial charge in [-0.25, -0.2) is 4.98 Å². The van der Waals surface area contributed by atoms with Crippen LogP contribution in [0.1, 0.15) is 23.3 Å². The van der Waals surface area contributed by atoms with Gasteiger partial charge < -0.3 is 13.6 Å². The molecule has 1 aromatic carbocycles. The highest BCUT2D eigenvalue weighted by atomic mass is 32.1. The third-order valence-electron chi connectivity index (χ3n) is 5.03. The first-order valence-corrected chi connectivity index (χ1v) is 10.8. The van der Waals surface area contributed by atoms with E-state index >= 15 is 0 Å². The summed E-state index contributed by atoms with van der Waals surface area (Å²) in [6.45, 7) is 3.63. The topological polar surface area (TPSA) is 113 Å². The summed E-state index contributed by atoms with van der Waals surface area (Å²) in [4.78, 5) is 31.4. The molecule has 0 unspecified atom stereocenters. The molecular formula is C22H18N4O5S. The normalized spacial score (nSPS) is 11.4. The molecule has 0 aliphatic heterocycles. The molecule has 0 amide bonds. The molecular weight excluding hydrogens is 432 g/mol. The summed E-state index contributed by atoms with van der Waals surface area (Å²) in [5.74, 6) is -0.0698. The Bertz CT molecular complexity index is 1510. The number of thiophene rings is 1. The standard InChI is InChI=1S/C22H18N4O5S/c1-3-15-12(2)8-16(32-15)21-25-24-17(31-21)10-29-18(27)9-26-11-23-19-13-6-4-5-7-14(13)30-20(19)22(26)28/h4-8,11H,3,9-10H2,1-2H3. The zero-order valence-corrected chi connectivity index (χ0v) is 18.1. The Labute approximate surface area is 185 Å². The van der Waals surface area contributed by atoms with Crippen LogP contribution in [0.25, 0.3) is 32.8 Å². The maximum atomic E-state index is 12.7. The van der Waals surface area contributed by atoms with Crippen LogP contribution in [0.5, 0.6) is 0 Å². The number of para-hydroxylation sites is 1. The monoisotopic (exact) mass is 450 g/mol. The molecule has 0 radical (unpaired) electrons. The van der Waals surface area contributed by atoms with Crippen molar-refractivity contribution in [2.45, 2.75) is 33.4 Å². The molecule has 4 aromatic heterocycles. The predicted molar refractivity (Wildman–Crippen MR) is 117 cm³/mol. The Morgan fingerprint density at radius 2 is 2.06 bits per heavy atom. The predicted octanol–water partition coefficient (Wildman–Crippen LogP) is 3.87. The molecule has 0 N–H and O–H groups in total. The van der Waals surface area contributed by atoms with Crippen LogP contribution in [-0.4, -0.2) is 25.7 Å². The molecule has 32 heavy (non-hydrogen) atoms. The van der Waals surface area contributed by atoms with Gasteiger partial charge in [-0.05, 0) is 37.1 Å². The molecule has 9 nitrogen and oxygen atoms in total. The molecule has 0 aliphatic carbocycles. The van der Waals surface area contributed by atoms with Crippen LogP contribution >= 0.6 is 11.3 Å². The van der Waals surface area contributed by atoms with Crippen molar-refractivity contribution < 1.29 is 18.4 Å². The molecule has 0 saturated heterocycles. The SMILES string of the molecule is CCc1sc(-c2nnc(COC(=O)Cn3cnc4c(oc5ccccc54)c3=O)o2)cc1C. The summed E-state index contributed by atoms with van der Waals surface area (Å²) in [7, 11) is 0. The molecule has 0 spiro atoms. The number of aromatic nitrogens is 4. The first-order valence-electron chi connectivity index (χ1n) is 9.98. The average molecular weight is 450 g/mol. The van der Waals surface area contributed by atoms with Crippen LogP contribution in [0.3, 0.4) is 0 Å². The average Bonchev–Trinajstić information content (AvgIpc) is 3.51. The number of furan rings is 1. The lowest BCUT2D eigenvalue weighted by atomic mass is 10.2. The van der Waals surface area contributed by atoms with Gasteiger partial charge in [-0.2, -0.15) is 0 Å². The van der Waals surface area contributed by atoms with Crippen molar-refractivity contribution in [1.29, 1.82) is 0 Å². The summed E-state index contributed by atoms with van der Waals surface area (Å²) >= 11 is 1.60. The number of carbonyl (C=O) groups excluding carboxylic acids is 1. The third-order valence-corrected chi connectivity index (χ3v) is 6.40. The zero-order chi connectivity index (χ0) is 22.2. The van der Waals surface area contributed by atoms with Gasteiger partial charge in [-0.3, -0.25) is 14.2 Å². The van der Waals surface area contributed by atoms with Gasteiger partial charge in [0.1, 0.15) is 17.6 Å². The van der Waals surface area contributed by atoms with Crippen molar-refractivity contribution in [3.8, 4) is 10.8 Å². The lowest BCUT2D eigenvalue weighted by Crippen LogP contribution is -2.25. The van der Waals surface area contributed by atoms with Gasteiger partial charge >= 0.3 is 5.97 Å². The Balaban J connectivity index is 1.28. The maximum absolute atomic E-state index is 12.7. The first-order chi connectivity index (χ1) is 15.5. The number of aryl methyl sites for hydroxylation is 2. The van der Waals surface area contributed by atoms with Crippen LogP contribution in [-0.2, 0) is 29.1 Å². The molecule has 5 rings (SSSR count). The highest BCUT2D eigenvalue weighted by molar-refractivity contribution is 7.15. The van der Waals surface area contributed by atoms with Crippen LogP contribution in [0.4, 0.5) is 0 Å². The van der Waals surface area contributed by atoms with Gasteiger partial charge in [-0.1, -0.05) is 19.1 Å². The number of esters is 1. The minimum Gasteiger partial charge on any atom is -0.454 e. The summed E-state index contributed by atoms with van der Waals surface area (Å²) in [6.07, 6.45) is 2.24. The van der Waals surface area contributed by atoms with Crippen molar-refractivity contribution in [3.05, 3.63) is 63.3 Å². The number of hydrogen-bond donors (Lipinski definition) is 0. The van der Waals surface area contributed by atoms with Gasteiger partial charge in [0.2, 0.25) is 5.58 Å². The highest BCUT2D eigenvalue weighted by Crippen LogP contribution is 2.30. The number of nitrogens with zero attached hydrogens (tertiary/aromatic N) is 4. The molecule has 0 bridgehead atoms. The maximum Gasteiger partial charge on any atom is 0.326 e. The Morgan fingerprint density at radius 1 is 1.22 bits per heavy atom. The van der Waals surface area contributed by atoms with E-state index in [-0.39, 0.29) is 24.6 Å². The van der Waals surface area contributed by atoms with E-state index in [2.05, 4.69) is 22.1 Å². The Hall–Kier alpha value is -3.79. The lowest BCUT2D eigenvalue weighted by Gasteiger charge is -2.04. The number of ether oxygens (including phenoxy) is 1. The van der Waals surface area contributed by atoms with Crippen LogP contribution < -0.4 is 5.56 Å². The number of hydrogen-bond acceptors (Lipinski definition) is 9. The van der Waals surface area contributed by atoms with Crippen LogP contribution in [0.15, 0.2) is 50.3 Å². The van der Waals surface area contributed by atoms with Gasteiger partial charge in [-0.15, -0.1) is 21.5 Å². The number of fused-ring (bicyclic) bond motifs is 3. The van der Waals surface area contributed by atoms with E-state index in [1.54, 1.807) is 17.4 Å². The van der Waals surface area contributed by atoms with E-state index in [0.717, 1.165) is 21.3 Å². The molecule has 0 saturated carbocycles. The highest BCUT2D eigenvalue weighted by Gasteiger charge is 2.17. The van der Waals surface area contributed by atoms with Crippen molar-refractivity contribution in [2.75, 3.05) is 0 Å². The fourth-order valence-corrected chi connectivity index (χ4v) is 4.48. The summed E-state index contributed by atoms with van der Waals surface area (Å²) < 4.78 is 17.6. The molecule has 10 heteroatoms. The molecule has 0 atom stereocenters. The van der Waals surface area contributed by atoms with Crippen molar-refractivity contribution in [2.24, 2.45) is 0 Å². The molecule has 162 valence electrons. The van der Waals surface area contributed by atoms with E-state index in [9.17, 15) is 9.59 Å². The second-order valence-electron chi connectivity index (χ2n) is 7.19. The quantitative estimate of drug-likeness (QED) is 0.358. The van der Waals surface area contributed by atoms with E-state index in [0.29, 0.717) is 17.0 Å². The Morgan fingerprint density at radius 3 is 2.88 bits per heavy atom. The fourth-order valence-electron chi connectivity index (χ4n) is 3.44. The third kappa shape index (κ3) is 3.58. The minimum atomic E-state index is -0.635. The second-order valence-corrected chi connectivity index (χ2v) is 8.32. The summed E-state index contributed by atoms with van der Waals surface area (Å²) in [5, 5.41) is 8.71. The molecule has 5 aromatic rings.